The van der Waals surface area contributed by atoms with E-state index in [0.29, 0.717) is 11.6 Å². The van der Waals surface area contributed by atoms with E-state index in [1.54, 1.807) is 28.4 Å². The average molecular weight is 347 g/mol. The number of hydrogen-bond acceptors (Lipinski definition) is 6. The van der Waals surface area contributed by atoms with Crippen molar-refractivity contribution in [1.82, 2.24) is 25.3 Å². The highest BCUT2D eigenvalue weighted by atomic mass is 32.1. The maximum absolute atomic E-state index is 12.5. The van der Waals surface area contributed by atoms with E-state index in [9.17, 15) is 4.79 Å². The van der Waals surface area contributed by atoms with E-state index in [1.165, 1.54) is 11.3 Å². The Morgan fingerprint density at radius 3 is 2.91 bits per heavy atom. The number of amides is 1. The topological polar surface area (TPSA) is 72.7 Å². The third-order valence-electron chi connectivity index (χ3n) is 3.45. The second-order valence-corrected chi connectivity index (χ2v) is 7.27. The minimum absolute atomic E-state index is 0.0294. The molecule has 0 fully saturated rings. The molecule has 3 aromatic rings. The van der Waals surface area contributed by atoms with Crippen molar-refractivity contribution in [2.24, 2.45) is 5.92 Å². The Bertz CT molecular complexity index is 749. The predicted octanol–water partition coefficient (Wildman–Crippen LogP) is 2.92. The first-order valence-electron chi connectivity index (χ1n) is 7.28. The van der Waals surface area contributed by atoms with E-state index in [-0.39, 0.29) is 17.9 Å². The normalized spacial score (nSPS) is 12.5. The molecule has 23 heavy (non-hydrogen) atoms. The lowest BCUT2D eigenvalue weighted by Gasteiger charge is -2.21. The summed E-state index contributed by atoms with van der Waals surface area (Å²) in [5.74, 6) is 0.136. The highest BCUT2D eigenvalue weighted by Crippen LogP contribution is 2.26. The van der Waals surface area contributed by atoms with Gasteiger partial charge in [0.25, 0.3) is 5.91 Å². The Balaban J connectivity index is 1.69. The summed E-state index contributed by atoms with van der Waals surface area (Å²) in [6.07, 6.45) is 3.42. The van der Waals surface area contributed by atoms with Gasteiger partial charge in [0.15, 0.2) is 5.01 Å². The second kappa shape index (κ2) is 7.01. The first kappa shape index (κ1) is 15.8. The summed E-state index contributed by atoms with van der Waals surface area (Å²) in [5.41, 5.74) is 0.854. The maximum Gasteiger partial charge on any atom is 0.280 e. The van der Waals surface area contributed by atoms with Crippen LogP contribution in [0.15, 0.2) is 35.3 Å². The van der Waals surface area contributed by atoms with Crippen LogP contribution in [0.4, 0.5) is 0 Å². The van der Waals surface area contributed by atoms with Crippen molar-refractivity contribution in [1.29, 1.82) is 0 Å². The van der Waals surface area contributed by atoms with Gasteiger partial charge in [0.2, 0.25) is 0 Å². The molecule has 120 valence electrons. The van der Waals surface area contributed by atoms with Crippen LogP contribution in [0.2, 0.25) is 0 Å². The molecule has 0 spiro atoms. The standard InChI is InChI=1S/C15H17N5OS2/c1-10(2)11(8-20-6-5-16-19-20)17-14(21)15-18-12(9-23-15)13-4-3-7-22-13/h3-7,9-11H,8H2,1-2H3,(H,17,21)/t11-/m1/s1. The minimum atomic E-state index is -0.142. The molecule has 6 nitrogen and oxygen atoms in total. The lowest BCUT2D eigenvalue weighted by atomic mass is 10.0. The molecule has 1 amide bonds. The molecule has 0 saturated heterocycles. The smallest absolute Gasteiger partial charge is 0.280 e. The van der Waals surface area contributed by atoms with E-state index in [4.69, 9.17) is 0 Å². The second-order valence-electron chi connectivity index (χ2n) is 5.46. The van der Waals surface area contributed by atoms with Crippen LogP contribution < -0.4 is 5.32 Å². The first-order valence-corrected chi connectivity index (χ1v) is 9.04. The van der Waals surface area contributed by atoms with Crippen molar-refractivity contribution >= 4 is 28.6 Å². The van der Waals surface area contributed by atoms with E-state index in [0.717, 1.165) is 10.6 Å². The van der Waals surface area contributed by atoms with Gasteiger partial charge in [-0.2, -0.15) is 0 Å². The minimum Gasteiger partial charge on any atom is -0.345 e. The molecule has 3 aromatic heterocycles. The van der Waals surface area contributed by atoms with Gasteiger partial charge in [-0.25, -0.2) is 4.98 Å². The summed E-state index contributed by atoms with van der Waals surface area (Å²) in [4.78, 5) is 18.0. The van der Waals surface area contributed by atoms with Gasteiger partial charge in [-0.3, -0.25) is 9.48 Å². The third kappa shape index (κ3) is 3.83. The molecular weight excluding hydrogens is 330 g/mol. The molecular formula is C15H17N5OS2. The highest BCUT2D eigenvalue weighted by molar-refractivity contribution is 7.15. The largest absolute Gasteiger partial charge is 0.345 e. The summed E-state index contributed by atoms with van der Waals surface area (Å²) in [5, 5.41) is 15.2. The SMILES string of the molecule is CC(C)[C@@H](Cn1ccnn1)NC(=O)c1nc(-c2cccs2)cs1. The molecule has 0 aliphatic heterocycles. The van der Waals surface area contributed by atoms with Gasteiger partial charge in [-0.15, -0.1) is 27.8 Å². The zero-order valence-corrected chi connectivity index (χ0v) is 14.5. The van der Waals surface area contributed by atoms with Gasteiger partial charge < -0.3 is 5.32 Å². The fourth-order valence-corrected chi connectivity index (χ4v) is 3.58. The van der Waals surface area contributed by atoms with Crippen molar-refractivity contribution in [2.75, 3.05) is 0 Å². The maximum atomic E-state index is 12.5. The van der Waals surface area contributed by atoms with Gasteiger partial charge in [0.1, 0.15) is 0 Å². The zero-order chi connectivity index (χ0) is 16.2. The Morgan fingerprint density at radius 1 is 1.39 bits per heavy atom. The Labute approximate surface area is 142 Å². The van der Waals surface area contributed by atoms with Gasteiger partial charge in [0.05, 0.1) is 29.4 Å². The van der Waals surface area contributed by atoms with Gasteiger partial charge >= 0.3 is 0 Å². The molecule has 0 bridgehead atoms. The molecule has 0 unspecified atom stereocenters. The number of carbonyl (C=O) groups is 1. The van der Waals surface area contributed by atoms with Crippen molar-refractivity contribution in [3.8, 4) is 10.6 Å². The van der Waals surface area contributed by atoms with Gasteiger partial charge in [-0.1, -0.05) is 25.1 Å². The van der Waals surface area contributed by atoms with Crippen molar-refractivity contribution in [3.05, 3.63) is 40.3 Å². The third-order valence-corrected chi connectivity index (χ3v) is 5.18. The molecule has 3 rings (SSSR count). The fraction of sp³-hybridized carbons (Fsp3) is 0.333. The number of rotatable bonds is 6. The Morgan fingerprint density at radius 2 is 2.26 bits per heavy atom. The number of thiazole rings is 1. The quantitative estimate of drug-likeness (QED) is 0.744. The lowest BCUT2D eigenvalue weighted by Crippen LogP contribution is -2.41. The van der Waals surface area contributed by atoms with Gasteiger partial charge in [0, 0.05) is 11.6 Å². The molecule has 3 heterocycles. The van der Waals surface area contributed by atoms with E-state index >= 15 is 0 Å². The molecule has 1 N–H and O–H groups in total. The number of aromatic nitrogens is 4. The summed E-state index contributed by atoms with van der Waals surface area (Å²) in [7, 11) is 0. The first-order chi connectivity index (χ1) is 11.1. The predicted molar refractivity (Wildman–Crippen MR) is 91.5 cm³/mol. The van der Waals surface area contributed by atoms with Crippen LogP contribution >= 0.6 is 22.7 Å². The fourth-order valence-electron chi connectivity index (χ4n) is 2.10. The van der Waals surface area contributed by atoms with Crippen LogP contribution in [0.3, 0.4) is 0 Å². The molecule has 1 atom stereocenters. The average Bonchev–Trinajstić information content (AvgIpc) is 3.27. The lowest BCUT2D eigenvalue weighted by molar-refractivity contribution is 0.0919. The van der Waals surface area contributed by atoms with Crippen molar-refractivity contribution < 1.29 is 4.79 Å². The summed E-state index contributed by atoms with van der Waals surface area (Å²) in [6, 6.07) is 3.95. The van der Waals surface area contributed by atoms with Crippen LogP contribution in [-0.4, -0.2) is 31.9 Å². The Hall–Kier alpha value is -2.06. The molecule has 0 aromatic carbocycles. The monoisotopic (exact) mass is 347 g/mol. The van der Waals surface area contributed by atoms with E-state index in [1.807, 2.05) is 22.9 Å². The zero-order valence-electron chi connectivity index (χ0n) is 12.8. The highest BCUT2D eigenvalue weighted by Gasteiger charge is 2.20. The molecule has 0 radical (unpaired) electrons. The van der Waals surface area contributed by atoms with Gasteiger partial charge in [-0.05, 0) is 17.4 Å². The molecule has 0 saturated carbocycles. The summed E-state index contributed by atoms with van der Waals surface area (Å²) in [6.45, 7) is 4.73. The Kier molecular flexibility index (Phi) is 4.82. The van der Waals surface area contributed by atoms with Crippen LogP contribution in [0.5, 0.6) is 0 Å². The number of nitrogens with zero attached hydrogens (tertiary/aromatic N) is 4. The molecule has 8 heteroatoms. The van der Waals surface area contributed by atoms with Crippen LogP contribution in [-0.2, 0) is 6.54 Å². The number of hydrogen-bond donors (Lipinski definition) is 1. The summed E-state index contributed by atoms with van der Waals surface area (Å²) >= 11 is 2.98. The number of thiophene rings is 1. The van der Waals surface area contributed by atoms with E-state index in [2.05, 4.69) is 34.5 Å². The molecule has 0 aliphatic rings. The van der Waals surface area contributed by atoms with Crippen molar-refractivity contribution in [2.45, 2.75) is 26.4 Å². The van der Waals surface area contributed by atoms with Crippen LogP contribution in [0.25, 0.3) is 10.6 Å². The number of nitrogens with one attached hydrogen (secondary N) is 1. The van der Waals surface area contributed by atoms with Crippen molar-refractivity contribution in [3.63, 3.8) is 0 Å². The molecule has 0 aliphatic carbocycles. The summed E-state index contributed by atoms with van der Waals surface area (Å²) < 4.78 is 1.73. The van der Waals surface area contributed by atoms with E-state index < -0.39 is 0 Å². The number of carbonyl (C=O) groups excluding carboxylic acids is 1. The van der Waals surface area contributed by atoms with Crippen LogP contribution in [0.1, 0.15) is 23.6 Å². The van der Waals surface area contributed by atoms with Crippen LogP contribution in [0, 0.1) is 5.92 Å².